The lowest BCUT2D eigenvalue weighted by molar-refractivity contribution is 0.199. The van der Waals surface area contributed by atoms with Gasteiger partial charge in [0.2, 0.25) is 0 Å². The molecule has 1 heterocycles. The number of aliphatic hydroxyl groups is 1. The maximum Gasteiger partial charge on any atom is 0.181 e. The Balaban J connectivity index is 2.77. The van der Waals surface area contributed by atoms with Gasteiger partial charge in [0.25, 0.3) is 0 Å². The fourth-order valence-electron chi connectivity index (χ4n) is 1.27. The average Bonchev–Trinajstić information content (AvgIpc) is 2.49. The number of aromatic nitrogens is 1. The summed E-state index contributed by atoms with van der Waals surface area (Å²) in [7, 11) is 0. The predicted molar refractivity (Wildman–Crippen MR) is 44.6 cm³/mol. The third-order valence-electron chi connectivity index (χ3n) is 1.88. The van der Waals surface area contributed by atoms with Crippen LogP contribution in [0.3, 0.4) is 0 Å². The fraction of sp³-hybridized carbons (Fsp3) is 0.222. The van der Waals surface area contributed by atoms with Crippen molar-refractivity contribution in [2.75, 3.05) is 0 Å². The normalized spacial score (nSPS) is 13.5. The standard InChI is InChI=1S/C9H8FNO2/c1-5(12)7-2-6(10)3-8-9(7)13-4-11-8/h2-5,12H,1H3. The highest BCUT2D eigenvalue weighted by atomic mass is 19.1. The van der Waals surface area contributed by atoms with Gasteiger partial charge in [-0.25, -0.2) is 9.37 Å². The van der Waals surface area contributed by atoms with Gasteiger partial charge < -0.3 is 9.52 Å². The molecule has 68 valence electrons. The van der Waals surface area contributed by atoms with Crippen molar-refractivity contribution < 1.29 is 13.9 Å². The SMILES string of the molecule is CC(O)c1cc(F)cc2ncoc12. The van der Waals surface area contributed by atoms with Crippen molar-refractivity contribution in [3.05, 3.63) is 29.9 Å². The van der Waals surface area contributed by atoms with Crippen molar-refractivity contribution in [1.29, 1.82) is 0 Å². The molecule has 0 aliphatic carbocycles. The van der Waals surface area contributed by atoms with Crippen molar-refractivity contribution >= 4 is 11.1 Å². The van der Waals surface area contributed by atoms with Crippen LogP contribution in [0.2, 0.25) is 0 Å². The summed E-state index contributed by atoms with van der Waals surface area (Å²) >= 11 is 0. The van der Waals surface area contributed by atoms with Gasteiger partial charge in [0, 0.05) is 11.6 Å². The van der Waals surface area contributed by atoms with E-state index >= 15 is 0 Å². The van der Waals surface area contributed by atoms with E-state index in [0.29, 0.717) is 16.7 Å². The molecule has 1 atom stereocenters. The molecule has 0 bridgehead atoms. The Morgan fingerprint density at radius 1 is 1.54 bits per heavy atom. The maximum atomic E-state index is 12.9. The lowest BCUT2D eigenvalue weighted by atomic mass is 10.1. The summed E-state index contributed by atoms with van der Waals surface area (Å²) in [4.78, 5) is 3.80. The first kappa shape index (κ1) is 8.19. The van der Waals surface area contributed by atoms with Gasteiger partial charge in [0.05, 0.1) is 6.10 Å². The van der Waals surface area contributed by atoms with Crippen molar-refractivity contribution in [2.24, 2.45) is 0 Å². The molecule has 0 aliphatic rings. The Bertz CT molecular complexity index is 436. The van der Waals surface area contributed by atoms with Gasteiger partial charge in [-0.2, -0.15) is 0 Å². The Morgan fingerprint density at radius 2 is 2.31 bits per heavy atom. The summed E-state index contributed by atoms with van der Waals surface area (Å²) < 4.78 is 18.0. The second kappa shape index (κ2) is 2.81. The van der Waals surface area contributed by atoms with E-state index in [1.807, 2.05) is 0 Å². The monoisotopic (exact) mass is 181 g/mol. The van der Waals surface area contributed by atoms with Gasteiger partial charge in [0.15, 0.2) is 12.0 Å². The molecule has 1 aromatic heterocycles. The molecule has 2 rings (SSSR count). The molecule has 0 saturated carbocycles. The Morgan fingerprint density at radius 3 is 3.00 bits per heavy atom. The van der Waals surface area contributed by atoms with Crippen LogP contribution in [0.1, 0.15) is 18.6 Å². The van der Waals surface area contributed by atoms with Gasteiger partial charge >= 0.3 is 0 Å². The third-order valence-corrected chi connectivity index (χ3v) is 1.88. The molecule has 13 heavy (non-hydrogen) atoms. The van der Waals surface area contributed by atoms with E-state index in [1.165, 1.54) is 18.5 Å². The highest BCUT2D eigenvalue weighted by Crippen LogP contribution is 2.24. The van der Waals surface area contributed by atoms with E-state index in [0.717, 1.165) is 0 Å². The van der Waals surface area contributed by atoms with Crippen LogP contribution >= 0.6 is 0 Å². The molecule has 0 fully saturated rings. The Hall–Kier alpha value is -1.42. The lowest BCUT2D eigenvalue weighted by Gasteiger charge is -2.03. The summed E-state index contributed by atoms with van der Waals surface area (Å²) in [6.07, 6.45) is 0.474. The average molecular weight is 181 g/mol. The molecule has 0 spiro atoms. The van der Waals surface area contributed by atoms with Crippen molar-refractivity contribution in [1.82, 2.24) is 4.98 Å². The van der Waals surface area contributed by atoms with E-state index in [2.05, 4.69) is 4.98 Å². The Labute approximate surface area is 73.8 Å². The molecule has 1 unspecified atom stereocenters. The molecule has 0 radical (unpaired) electrons. The zero-order chi connectivity index (χ0) is 9.42. The van der Waals surface area contributed by atoms with Gasteiger partial charge in [-0.15, -0.1) is 0 Å². The van der Waals surface area contributed by atoms with Gasteiger partial charge in [-0.05, 0) is 13.0 Å². The van der Waals surface area contributed by atoms with Crippen LogP contribution in [-0.4, -0.2) is 10.1 Å². The second-order valence-electron chi connectivity index (χ2n) is 2.87. The number of halogens is 1. The molecule has 0 amide bonds. The summed E-state index contributed by atoms with van der Waals surface area (Å²) in [6.45, 7) is 1.55. The van der Waals surface area contributed by atoms with Crippen molar-refractivity contribution in [3.63, 3.8) is 0 Å². The van der Waals surface area contributed by atoms with Crippen LogP contribution in [0.4, 0.5) is 4.39 Å². The fourth-order valence-corrected chi connectivity index (χ4v) is 1.27. The molecular weight excluding hydrogens is 173 g/mol. The number of nitrogens with zero attached hydrogens (tertiary/aromatic N) is 1. The summed E-state index contributed by atoms with van der Waals surface area (Å²) in [5.74, 6) is -0.419. The smallest absolute Gasteiger partial charge is 0.181 e. The molecule has 4 heteroatoms. The van der Waals surface area contributed by atoms with Crippen molar-refractivity contribution in [2.45, 2.75) is 13.0 Å². The van der Waals surface area contributed by atoms with Crippen LogP contribution in [0.25, 0.3) is 11.1 Å². The van der Waals surface area contributed by atoms with E-state index < -0.39 is 11.9 Å². The first-order chi connectivity index (χ1) is 6.18. The highest BCUT2D eigenvalue weighted by Gasteiger charge is 2.11. The molecule has 1 N–H and O–H groups in total. The minimum Gasteiger partial charge on any atom is -0.443 e. The summed E-state index contributed by atoms with van der Waals surface area (Å²) in [5, 5.41) is 9.31. The zero-order valence-electron chi connectivity index (χ0n) is 6.99. The number of oxazole rings is 1. The number of benzene rings is 1. The lowest BCUT2D eigenvalue weighted by Crippen LogP contribution is -1.92. The van der Waals surface area contributed by atoms with Crippen LogP contribution in [0.15, 0.2) is 22.9 Å². The third kappa shape index (κ3) is 1.29. The molecule has 0 aliphatic heterocycles. The minimum absolute atomic E-state index is 0.419. The molecular formula is C9H8FNO2. The van der Waals surface area contributed by atoms with E-state index in [-0.39, 0.29) is 0 Å². The largest absolute Gasteiger partial charge is 0.443 e. The second-order valence-corrected chi connectivity index (χ2v) is 2.87. The summed E-state index contributed by atoms with van der Waals surface area (Å²) in [6, 6.07) is 2.52. The molecule has 3 nitrogen and oxygen atoms in total. The first-order valence-electron chi connectivity index (χ1n) is 3.89. The number of hydrogen-bond acceptors (Lipinski definition) is 3. The number of hydrogen-bond donors (Lipinski definition) is 1. The van der Waals surface area contributed by atoms with Crippen LogP contribution in [-0.2, 0) is 0 Å². The van der Waals surface area contributed by atoms with Crippen LogP contribution in [0, 0.1) is 5.82 Å². The molecule has 1 aromatic carbocycles. The van der Waals surface area contributed by atoms with E-state index in [1.54, 1.807) is 6.92 Å². The number of aliphatic hydroxyl groups excluding tert-OH is 1. The van der Waals surface area contributed by atoms with Gasteiger partial charge in [0.1, 0.15) is 11.3 Å². The summed E-state index contributed by atoms with van der Waals surface area (Å²) in [5.41, 5.74) is 1.29. The first-order valence-corrected chi connectivity index (χ1v) is 3.89. The zero-order valence-corrected chi connectivity index (χ0v) is 6.99. The van der Waals surface area contributed by atoms with Crippen LogP contribution in [0.5, 0.6) is 0 Å². The van der Waals surface area contributed by atoms with Crippen LogP contribution < -0.4 is 0 Å². The van der Waals surface area contributed by atoms with E-state index in [9.17, 15) is 9.50 Å². The van der Waals surface area contributed by atoms with Crippen molar-refractivity contribution in [3.8, 4) is 0 Å². The predicted octanol–water partition coefficient (Wildman–Crippen LogP) is 2.02. The molecule has 2 aromatic rings. The van der Waals surface area contributed by atoms with Gasteiger partial charge in [-0.1, -0.05) is 0 Å². The molecule has 0 saturated heterocycles. The topological polar surface area (TPSA) is 46.3 Å². The Kier molecular flexibility index (Phi) is 1.77. The number of fused-ring (bicyclic) bond motifs is 1. The quantitative estimate of drug-likeness (QED) is 0.732. The number of rotatable bonds is 1. The highest BCUT2D eigenvalue weighted by molar-refractivity contribution is 5.76. The maximum absolute atomic E-state index is 12.9. The van der Waals surface area contributed by atoms with Gasteiger partial charge in [-0.3, -0.25) is 0 Å². The van der Waals surface area contributed by atoms with E-state index in [4.69, 9.17) is 4.42 Å². The minimum atomic E-state index is -0.758.